The van der Waals surface area contributed by atoms with Crippen molar-refractivity contribution in [1.29, 1.82) is 0 Å². The van der Waals surface area contributed by atoms with Crippen molar-refractivity contribution in [3.8, 4) is 17.2 Å². The second kappa shape index (κ2) is 10.1. The number of nitrogens with zero attached hydrogens (tertiary/aromatic N) is 1. The summed E-state index contributed by atoms with van der Waals surface area (Å²) in [6.45, 7) is 1.97. The molecule has 0 aromatic heterocycles. The van der Waals surface area contributed by atoms with Crippen LogP contribution in [-0.4, -0.2) is 41.5 Å². The molecular formula is C24H20N2O7. The molecule has 0 heterocycles. The van der Waals surface area contributed by atoms with Crippen LogP contribution in [-0.2, 0) is 0 Å². The number of hydrogen-bond donors (Lipinski definition) is 3. The Balaban J connectivity index is 1.83. The molecule has 0 saturated heterocycles. The van der Waals surface area contributed by atoms with Crippen LogP contribution in [0.4, 0.5) is 5.69 Å². The van der Waals surface area contributed by atoms with Crippen molar-refractivity contribution in [1.82, 2.24) is 0 Å². The molecule has 3 aromatic rings. The van der Waals surface area contributed by atoms with E-state index in [0.717, 1.165) is 24.1 Å². The summed E-state index contributed by atoms with van der Waals surface area (Å²) in [6, 6.07) is 15.9. The van der Waals surface area contributed by atoms with Crippen LogP contribution in [0.3, 0.4) is 0 Å². The molecule has 0 atom stereocenters. The molecule has 0 aliphatic carbocycles. The summed E-state index contributed by atoms with van der Waals surface area (Å²) >= 11 is 0. The van der Waals surface area contributed by atoms with Crippen LogP contribution in [0.2, 0.25) is 0 Å². The zero-order chi connectivity index (χ0) is 24.0. The molecule has 0 aliphatic rings. The van der Waals surface area contributed by atoms with Gasteiger partial charge in [-0.05, 0) is 55.5 Å². The SMILES string of the molecule is CN=COc1cc(C(=O)O)c(C(=O)Nc2ccc(Oc3ccc(C)cc3)cc2)cc1C(=O)O. The summed E-state index contributed by atoms with van der Waals surface area (Å²) in [7, 11) is 1.40. The fraction of sp³-hybridized carbons (Fsp3) is 0.0833. The second-order valence-corrected chi connectivity index (χ2v) is 6.88. The first-order valence-electron chi connectivity index (χ1n) is 9.66. The Morgan fingerprint density at radius 1 is 0.848 bits per heavy atom. The van der Waals surface area contributed by atoms with Crippen molar-refractivity contribution in [3.63, 3.8) is 0 Å². The van der Waals surface area contributed by atoms with Crippen molar-refractivity contribution in [2.75, 3.05) is 12.4 Å². The van der Waals surface area contributed by atoms with E-state index in [-0.39, 0.29) is 16.9 Å². The number of amides is 1. The maximum atomic E-state index is 12.8. The van der Waals surface area contributed by atoms with Crippen LogP contribution >= 0.6 is 0 Å². The average molecular weight is 448 g/mol. The van der Waals surface area contributed by atoms with Crippen molar-refractivity contribution in [2.45, 2.75) is 6.92 Å². The van der Waals surface area contributed by atoms with Gasteiger partial charge in [-0.15, -0.1) is 0 Å². The molecule has 3 N–H and O–H groups in total. The number of nitrogens with one attached hydrogen (secondary N) is 1. The van der Waals surface area contributed by atoms with Gasteiger partial charge < -0.3 is 25.0 Å². The van der Waals surface area contributed by atoms with Gasteiger partial charge >= 0.3 is 11.9 Å². The lowest BCUT2D eigenvalue weighted by Crippen LogP contribution is -2.18. The summed E-state index contributed by atoms with van der Waals surface area (Å²) in [5.41, 5.74) is 0.331. The Morgan fingerprint density at radius 3 is 1.97 bits per heavy atom. The molecule has 33 heavy (non-hydrogen) atoms. The molecule has 0 aliphatic heterocycles. The van der Waals surface area contributed by atoms with E-state index in [1.807, 2.05) is 31.2 Å². The number of benzene rings is 3. The third-order valence-corrected chi connectivity index (χ3v) is 4.48. The minimum absolute atomic E-state index is 0.250. The van der Waals surface area contributed by atoms with Gasteiger partial charge in [0.15, 0.2) is 6.40 Å². The van der Waals surface area contributed by atoms with Gasteiger partial charge in [0.25, 0.3) is 5.91 Å². The molecule has 0 unspecified atom stereocenters. The monoisotopic (exact) mass is 448 g/mol. The molecule has 0 saturated carbocycles. The summed E-state index contributed by atoms with van der Waals surface area (Å²) in [4.78, 5) is 39.6. The third-order valence-electron chi connectivity index (χ3n) is 4.48. The van der Waals surface area contributed by atoms with E-state index >= 15 is 0 Å². The van der Waals surface area contributed by atoms with Crippen LogP contribution in [0.25, 0.3) is 0 Å². The smallest absolute Gasteiger partial charge is 0.339 e. The van der Waals surface area contributed by atoms with E-state index in [1.54, 1.807) is 24.3 Å². The van der Waals surface area contributed by atoms with Crippen LogP contribution < -0.4 is 14.8 Å². The van der Waals surface area contributed by atoms with Crippen molar-refractivity contribution in [2.24, 2.45) is 4.99 Å². The average Bonchev–Trinajstić information content (AvgIpc) is 2.79. The predicted molar refractivity (Wildman–Crippen MR) is 121 cm³/mol. The molecule has 9 nitrogen and oxygen atoms in total. The first-order chi connectivity index (χ1) is 15.8. The van der Waals surface area contributed by atoms with Gasteiger partial charge in [0.1, 0.15) is 22.8 Å². The quantitative estimate of drug-likeness (QED) is 0.342. The molecular weight excluding hydrogens is 428 g/mol. The van der Waals surface area contributed by atoms with Crippen LogP contribution in [0.1, 0.15) is 36.6 Å². The lowest BCUT2D eigenvalue weighted by molar-refractivity contribution is 0.0677. The molecule has 0 spiro atoms. The minimum atomic E-state index is -1.42. The Hall–Kier alpha value is -4.66. The van der Waals surface area contributed by atoms with E-state index in [4.69, 9.17) is 9.47 Å². The highest BCUT2D eigenvalue weighted by atomic mass is 16.5. The molecule has 3 rings (SSSR count). The third kappa shape index (κ3) is 5.73. The number of aromatic carboxylic acids is 2. The number of aryl methyl sites for hydroxylation is 1. The van der Waals surface area contributed by atoms with Gasteiger partial charge in [-0.25, -0.2) is 9.59 Å². The maximum absolute atomic E-state index is 12.8. The highest BCUT2D eigenvalue weighted by Gasteiger charge is 2.23. The molecule has 0 radical (unpaired) electrons. The Kier molecular flexibility index (Phi) is 7.04. The fourth-order valence-electron chi connectivity index (χ4n) is 2.87. The van der Waals surface area contributed by atoms with Crippen molar-refractivity contribution >= 4 is 29.9 Å². The van der Waals surface area contributed by atoms with E-state index < -0.39 is 23.4 Å². The molecule has 1 amide bonds. The molecule has 0 bridgehead atoms. The summed E-state index contributed by atoms with van der Waals surface area (Å²) < 4.78 is 10.8. The van der Waals surface area contributed by atoms with E-state index in [0.29, 0.717) is 17.2 Å². The van der Waals surface area contributed by atoms with Crippen LogP contribution in [0, 0.1) is 6.92 Å². The number of anilines is 1. The van der Waals surface area contributed by atoms with E-state index in [1.165, 1.54) is 7.05 Å². The number of hydrogen-bond acceptors (Lipinski definition) is 6. The highest BCUT2D eigenvalue weighted by molar-refractivity contribution is 6.12. The largest absolute Gasteiger partial charge is 0.478 e. The highest BCUT2D eigenvalue weighted by Crippen LogP contribution is 2.27. The Bertz CT molecular complexity index is 1220. The number of aliphatic imine (C=N–C) groups is 1. The molecule has 3 aromatic carbocycles. The predicted octanol–water partition coefficient (Wildman–Crippen LogP) is 4.47. The first-order valence-corrected chi connectivity index (χ1v) is 9.66. The fourth-order valence-corrected chi connectivity index (χ4v) is 2.87. The molecule has 168 valence electrons. The number of ether oxygens (including phenoxy) is 2. The maximum Gasteiger partial charge on any atom is 0.339 e. The zero-order valence-electron chi connectivity index (χ0n) is 17.7. The minimum Gasteiger partial charge on any atom is -0.478 e. The summed E-state index contributed by atoms with van der Waals surface area (Å²) in [5.74, 6) is -2.66. The summed E-state index contributed by atoms with van der Waals surface area (Å²) in [5, 5.41) is 21.5. The first kappa shape index (κ1) is 23.0. The Morgan fingerprint density at radius 2 is 1.42 bits per heavy atom. The van der Waals surface area contributed by atoms with Crippen LogP contribution in [0.5, 0.6) is 17.2 Å². The van der Waals surface area contributed by atoms with Gasteiger partial charge in [0.2, 0.25) is 0 Å². The van der Waals surface area contributed by atoms with E-state index in [2.05, 4.69) is 10.3 Å². The second-order valence-electron chi connectivity index (χ2n) is 6.88. The van der Waals surface area contributed by atoms with Gasteiger partial charge in [-0.1, -0.05) is 17.7 Å². The number of carbonyl (C=O) groups is 3. The standard InChI is InChI=1S/C24H20N2O7/c1-14-3-7-16(8-4-14)33-17-9-5-15(6-10-17)26-22(27)18-11-20(24(30)31)21(32-13-25-2)12-19(18)23(28)29/h3-13H,1-2H3,(H,26,27)(H,28,29)(H,30,31). The van der Waals surface area contributed by atoms with E-state index in [9.17, 15) is 24.6 Å². The number of carboxylic acids is 2. The van der Waals surface area contributed by atoms with Gasteiger partial charge in [0, 0.05) is 12.7 Å². The van der Waals surface area contributed by atoms with Gasteiger partial charge in [0.05, 0.1) is 11.1 Å². The van der Waals surface area contributed by atoms with Crippen molar-refractivity contribution in [3.05, 3.63) is 82.9 Å². The van der Waals surface area contributed by atoms with Gasteiger partial charge in [-0.2, -0.15) is 0 Å². The van der Waals surface area contributed by atoms with Gasteiger partial charge in [-0.3, -0.25) is 9.79 Å². The normalized spacial score (nSPS) is 10.6. The number of carbonyl (C=O) groups excluding carboxylic acids is 1. The Labute approximate surface area is 188 Å². The molecule has 9 heteroatoms. The zero-order valence-corrected chi connectivity index (χ0v) is 17.7. The van der Waals surface area contributed by atoms with Crippen molar-refractivity contribution < 1.29 is 34.1 Å². The number of rotatable bonds is 8. The lowest BCUT2D eigenvalue weighted by Gasteiger charge is -2.12. The lowest BCUT2D eigenvalue weighted by atomic mass is 10.0. The summed E-state index contributed by atoms with van der Waals surface area (Å²) in [6.07, 6.45) is 0.966. The molecule has 0 fully saturated rings. The topological polar surface area (TPSA) is 135 Å². The van der Waals surface area contributed by atoms with Crippen LogP contribution in [0.15, 0.2) is 65.7 Å². The number of carboxylic acid groups (broad SMARTS) is 2.